The number of carbonyl (C=O) groups is 1. The van der Waals surface area contributed by atoms with E-state index in [9.17, 15) is 4.79 Å². The third kappa shape index (κ3) is 3.87. The third-order valence-electron chi connectivity index (χ3n) is 3.63. The lowest BCUT2D eigenvalue weighted by molar-refractivity contribution is -0.117. The van der Waals surface area contributed by atoms with E-state index in [-0.39, 0.29) is 12.0 Å². The van der Waals surface area contributed by atoms with Crippen LogP contribution in [0.1, 0.15) is 45.4 Å². The monoisotopic (exact) mass is 227 g/mol. The molecule has 0 aromatic heterocycles. The summed E-state index contributed by atoms with van der Waals surface area (Å²) in [5.74, 6) is 0. The lowest BCUT2D eigenvalue weighted by Crippen LogP contribution is -2.39. The van der Waals surface area contributed by atoms with Gasteiger partial charge in [0.2, 0.25) is 0 Å². The van der Waals surface area contributed by atoms with Crippen molar-refractivity contribution in [3.05, 3.63) is 0 Å². The number of nitrogens with zero attached hydrogens (tertiary/aromatic N) is 1. The number of rotatable bonds is 8. The smallest absolute Gasteiger partial charge is 0.127 e. The van der Waals surface area contributed by atoms with E-state index in [1.807, 2.05) is 0 Å². The second-order valence-electron chi connectivity index (χ2n) is 5.04. The van der Waals surface area contributed by atoms with Crippen LogP contribution in [0.3, 0.4) is 0 Å². The lowest BCUT2D eigenvalue weighted by atomic mass is 9.87. The Balaban J connectivity index is 2.47. The summed E-state index contributed by atoms with van der Waals surface area (Å²) in [6.45, 7) is 4.92. The molecule has 3 heteroatoms. The van der Waals surface area contributed by atoms with Crippen LogP contribution in [0.15, 0.2) is 0 Å². The molecule has 1 saturated carbocycles. The number of aliphatic hydroxyl groups is 1. The first-order valence-electron chi connectivity index (χ1n) is 6.56. The standard InChI is InChI=1S/C13H25NO2/c1-2-3-8-14(9-10-15)11-13(12-16)6-4-5-7-13/h12,15H,2-11H2,1H3. The van der Waals surface area contributed by atoms with Crippen molar-refractivity contribution in [1.29, 1.82) is 0 Å². The van der Waals surface area contributed by atoms with Crippen molar-refractivity contribution < 1.29 is 9.90 Å². The van der Waals surface area contributed by atoms with Gasteiger partial charge in [-0.25, -0.2) is 0 Å². The molecule has 1 fully saturated rings. The van der Waals surface area contributed by atoms with Crippen molar-refractivity contribution in [3.8, 4) is 0 Å². The van der Waals surface area contributed by atoms with E-state index in [0.29, 0.717) is 6.54 Å². The Hall–Kier alpha value is -0.410. The normalized spacial score (nSPS) is 19.2. The van der Waals surface area contributed by atoms with Gasteiger partial charge in [0, 0.05) is 18.5 Å². The predicted molar refractivity (Wildman–Crippen MR) is 65.4 cm³/mol. The maximum absolute atomic E-state index is 11.3. The summed E-state index contributed by atoms with van der Waals surface area (Å²) >= 11 is 0. The molecule has 0 spiro atoms. The van der Waals surface area contributed by atoms with Crippen LogP contribution in [0, 0.1) is 5.41 Å². The zero-order chi connectivity index (χ0) is 11.9. The molecule has 0 aromatic carbocycles. The largest absolute Gasteiger partial charge is 0.395 e. The van der Waals surface area contributed by atoms with E-state index in [4.69, 9.17) is 5.11 Å². The maximum atomic E-state index is 11.3. The second kappa shape index (κ2) is 7.02. The molecule has 0 atom stereocenters. The highest BCUT2D eigenvalue weighted by Gasteiger charge is 2.34. The summed E-state index contributed by atoms with van der Waals surface area (Å²) < 4.78 is 0. The zero-order valence-electron chi connectivity index (χ0n) is 10.5. The van der Waals surface area contributed by atoms with Crippen LogP contribution < -0.4 is 0 Å². The number of aliphatic hydroxyl groups excluding tert-OH is 1. The Morgan fingerprint density at radius 3 is 2.50 bits per heavy atom. The summed E-state index contributed by atoms with van der Waals surface area (Å²) in [6.07, 6.45) is 7.90. The van der Waals surface area contributed by atoms with E-state index in [0.717, 1.165) is 45.1 Å². The molecule has 1 rings (SSSR count). The van der Waals surface area contributed by atoms with Crippen molar-refractivity contribution in [2.45, 2.75) is 45.4 Å². The van der Waals surface area contributed by atoms with Gasteiger partial charge in [-0.3, -0.25) is 0 Å². The highest BCUT2D eigenvalue weighted by molar-refractivity contribution is 5.60. The summed E-state index contributed by atoms with van der Waals surface area (Å²) in [5, 5.41) is 9.04. The molecule has 0 aromatic rings. The molecule has 0 amide bonds. The molecule has 94 valence electrons. The minimum Gasteiger partial charge on any atom is -0.395 e. The fourth-order valence-electron chi connectivity index (χ4n) is 2.63. The molecule has 3 nitrogen and oxygen atoms in total. The predicted octanol–water partition coefficient (Wildman–Crippen LogP) is 1.84. The molecule has 1 N–H and O–H groups in total. The Kier molecular flexibility index (Phi) is 5.99. The topological polar surface area (TPSA) is 40.5 Å². The van der Waals surface area contributed by atoms with Crippen LogP contribution in [-0.4, -0.2) is 42.5 Å². The van der Waals surface area contributed by atoms with Gasteiger partial charge >= 0.3 is 0 Å². The number of aldehydes is 1. The quantitative estimate of drug-likeness (QED) is 0.643. The molecule has 16 heavy (non-hydrogen) atoms. The Bertz CT molecular complexity index is 200. The molecular weight excluding hydrogens is 202 g/mol. The molecule has 0 aliphatic heterocycles. The van der Waals surface area contributed by atoms with Crippen LogP contribution in [0.5, 0.6) is 0 Å². The first kappa shape index (κ1) is 13.7. The van der Waals surface area contributed by atoms with Gasteiger partial charge in [0.15, 0.2) is 0 Å². The van der Waals surface area contributed by atoms with Gasteiger partial charge in [0.1, 0.15) is 6.29 Å². The van der Waals surface area contributed by atoms with Crippen molar-refractivity contribution in [1.82, 2.24) is 4.90 Å². The first-order valence-corrected chi connectivity index (χ1v) is 6.56. The highest BCUT2D eigenvalue weighted by atomic mass is 16.3. The average molecular weight is 227 g/mol. The highest BCUT2D eigenvalue weighted by Crippen LogP contribution is 2.36. The molecule has 0 saturated heterocycles. The summed E-state index contributed by atoms with van der Waals surface area (Å²) in [6, 6.07) is 0. The van der Waals surface area contributed by atoms with Gasteiger partial charge in [0.25, 0.3) is 0 Å². The van der Waals surface area contributed by atoms with Crippen LogP contribution >= 0.6 is 0 Å². The average Bonchev–Trinajstić information content (AvgIpc) is 2.75. The van der Waals surface area contributed by atoms with E-state index in [2.05, 4.69) is 11.8 Å². The number of unbranched alkanes of at least 4 members (excludes halogenated alkanes) is 1. The van der Waals surface area contributed by atoms with Crippen molar-refractivity contribution in [3.63, 3.8) is 0 Å². The zero-order valence-corrected chi connectivity index (χ0v) is 10.5. The second-order valence-corrected chi connectivity index (χ2v) is 5.04. The number of carbonyl (C=O) groups excluding carboxylic acids is 1. The Morgan fingerprint density at radius 2 is 2.00 bits per heavy atom. The first-order chi connectivity index (χ1) is 7.76. The SMILES string of the molecule is CCCCN(CCO)CC1(C=O)CCCC1. The number of hydrogen-bond donors (Lipinski definition) is 1. The van der Waals surface area contributed by atoms with E-state index in [1.165, 1.54) is 12.8 Å². The van der Waals surface area contributed by atoms with Crippen LogP contribution in [0.4, 0.5) is 0 Å². The molecule has 0 unspecified atom stereocenters. The molecule has 1 aliphatic carbocycles. The molecule has 1 aliphatic rings. The fraction of sp³-hybridized carbons (Fsp3) is 0.923. The van der Waals surface area contributed by atoms with Crippen LogP contribution in [-0.2, 0) is 4.79 Å². The van der Waals surface area contributed by atoms with E-state index >= 15 is 0 Å². The molecule has 0 bridgehead atoms. The van der Waals surface area contributed by atoms with Gasteiger partial charge < -0.3 is 14.8 Å². The fourth-order valence-corrected chi connectivity index (χ4v) is 2.63. The van der Waals surface area contributed by atoms with Gasteiger partial charge in [-0.15, -0.1) is 0 Å². The Labute approximate surface area is 98.8 Å². The van der Waals surface area contributed by atoms with E-state index < -0.39 is 0 Å². The van der Waals surface area contributed by atoms with Crippen molar-refractivity contribution >= 4 is 6.29 Å². The van der Waals surface area contributed by atoms with Crippen molar-refractivity contribution in [2.24, 2.45) is 5.41 Å². The van der Waals surface area contributed by atoms with Crippen molar-refractivity contribution in [2.75, 3.05) is 26.2 Å². The van der Waals surface area contributed by atoms with Crippen LogP contribution in [0.2, 0.25) is 0 Å². The number of hydrogen-bond acceptors (Lipinski definition) is 3. The van der Waals surface area contributed by atoms with Gasteiger partial charge in [-0.2, -0.15) is 0 Å². The molecule has 0 heterocycles. The summed E-state index contributed by atoms with van der Waals surface area (Å²) in [5.41, 5.74) is -0.108. The molecular formula is C13H25NO2. The summed E-state index contributed by atoms with van der Waals surface area (Å²) in [4.78, 5) is 13.5. The van der Waals surface area contributed by atoms with Gasteiger partial charge in [0.05, 0.1) is 6.61 Å². The summed E-state index contributed by atoms with van der Waals surface area (Å²) in [7, 11) is 0. The minimum absolute atomic E-state index is 0.108. The van der Waals surface area contributed by atoms with E-state index in [1.54, 1.807) is 0 Å². The minimum atomic E-state index is -0.108. The van der Waals surface area contributed by atoms with Gasteiger partial charge in [-0.05, 0) is 25.8 Å². The third-order valence-corrected chi connectivity index (χ3v) is 3.63. The van der Waals surface area contributed by atoms with Gasteiger partial charge in [-0.1, -0.05) is 26.2 Å². The lowest BCUT2D eigenvalue weighted by Gasteiger charge is -2.30. The maximum Gasteiger partial charge on any atom is 0.127 e. The molecule has 0 radical (unpaired) electrons. The van der Waals surface area contributed by atoms with Crippen LogP contribution in [0.25, 0.3) is 0 Å². The Morgan fingerprint density at radius 1 is 1.31 bits per heavy atom.